The normalized spacial score (nSPS) is 10.8. The smallest absolute Gasteiger partial charge is 0.338 e. The average Bonchev–Trinajstić information content (AvgIpc) is 2.87. The molecule has 0 spiro atoms. The van der Waals surface area contributed by atoms with E-state index in [1.54, 1.807) is 19.1 Å². The lowest BCUT2D eigenvalue weighted by Crippen LogP contribution is -2.09. The molecule has 0 amide bonds. The van der Waals surface area contributed by atoms with Gasteiger partial charge in [-0.15, -0.1) is 0 Å². The zero-order chi connectivity index (χ0) is 24.8. The van der Waals surface area contributed by atoms with Crippen LogP contribution in [0.2, 0.25) is 0 Å². The number of aryl methyl sites for hydroxylation is 2. The van der Waals surface area contributed by atoms with Crippen LogP contribution in [0, 0.1) is 13.8 Å². The molecule has 0 heterocycles. The van der Waals surface area contributed by atoms with Gasteiger partial charge in [0.05, 0.1) is 0 Å². The van der Waals surface area contributed by atoms with Crippen LogP contribution in [0.4, 0.5) is 17.1 Å². The van der Waals surface area contributed by atoms with E-state index < -0.39 is 5.97 Å². The molecular weight excluding hydrogens is 430 g/mol. The van der Waals surface area contributed by atoms with E-state index in [1.165, 1.54) is 11.1 Å². The number of benzene rings is 4. The minimum atomic E-state index is -0.418. The zero-order valence-corrected chi connectivity index (χ0v) is 20.4. The first-order valence-corrected chi connectivity index (χ1v) is 11.6. The van der Waals surface area contributed by atoms with Crippen molar-refractivity contribution in [1.82, 2.24) is 0 Å². The lowest BCUT2D eigenvalue weighted by atomic mass is 10.1. The molecule has 0 atom stereocenters. The summed E-state index contributed by atoms with van der Waals surface area (Å²) in [5.74, 6) is 0.0884. The summed E-state index contributed by atoms with van der Waals surface area (Å²) in [4.78, 5) is 13.9. The van der Waals surface area contributed by atoms with E-state index in [0.29, 0.717) is 11.3 Å². The number of carbonyl (C=O) groups excluding carboxylic acids is 1. The maximum absolute atomic E-state index is 11.7. The first kappa shape index (κ1) is 23.8. The molecule has 0 saturated carbocycles. The standard InChI is InChI=1S/C32H29NO2/c1-23(2)32(34)35-31-21-13-27(14-22-31)10-9-26-11-19-30(20-12-26)33(28-15-5-24(3)6-16-28)29-17-7-25(4)8-18-29/h5-22H,1H2,2-4H3. The van der Waals surface area contributed by atoms with Crippen LogP contribution in [0.5, 0.6) is 5.75 Å². The summed E-state index contributed by atoms with van der Waals surface area (Å²) >= 11 is 0. The molecule has 0 aliphatic heterocycles. The Kier molecular flexibility index (Phi) is 7.27. The molecule has 0 aromatic heterocycles. The largest absolute Gasteiger partial charge is 0.423 e. The Balaban J connectivity index is 1.53. The molecule has 35 heavy (non-hydrogen) atoms. The summed E-state index contributed by atoms with van der Waals surface area (Å²) in [7, 11) is 0. The highest BCUT2D eigenvalue weighted by Crippen LogP contribution is 2.34. The van der Waals surface area contributed by atoms with Gasteiger partial charge in [-0.25, -0.2) is 4.79 Å². The number of nitrogens with zero attached hydrogens (tertiary/aromatic N) is 1. The fraction of sp³-hybridized carbons (Fsp3) is 0.0938. The summed E-state index contributed by atoms with van der Waals surface area (Å²) in [5.41, 5.74) is 8.30. The van der Waals surface area contributed by atoms with E-state index >= 15 is 0 Å². The highest BCUT2D eigenvalue weighted by molar-refractivity contribution is 5.88. The monoisotopic (exact) mass is 459 g/mol. The van der Waals surface area contributed by atoms with E-state index in [9.17, 15) is 4.79 Å². The van der Waals surface area contributed by atoms with E-state index in [-0.39, 0.29) is 0 Å². The molecule has 0 saturated heterocycles. The number of hydrogen-bond donors (Lipinski definition) is 0. The second-order valence-electron chi connectivity index (χ2n) is 8.67. The number of esters is 1. The van der Waals surface area contributed by atoms with Gasteiger partial charge in [-0.3, -0.25) is 0 Å². The molecule has 4 rings (SSSR count). The van der Waals surface area contributed by atoms with Gasteiger partial charge in [0, 0.05) is 22.6 Å². The van der Waals surface area contributed by atoms with Crippen LogP contribution < -0.4 is 9.64 Å². The van der Waals surface area contributed by atoms with E-state index in [4.69, 9.17) is 4.74 Å². The highest BCUT2D eigenvalue weighted by atomic mass is 16.5. The molecule has 0 unspecified atom stereocenters. The van der Waals surface area contributed by atoms with Crippen molar-refractivity contribution in [3.05, 3.63) is 131 Å². The van der Waals surface area contributed by atoms with Gasteiger partial charge in [-0.2, -0.15) is 0 Å². The molecule has 4 aromatic rings. The van der Waals surface area contributed by atoms with Crippen LogP contribution >= 0.6 is 0 Å². The molecule has 0 aliphatic rings. The van der Waals surface area contributed by atoms with Gasteiger partial charge in [0.15, 0.2) is 0 Å². The van der Waals surface area contributed by atoms with Gasteiger partial charge < -0.3 is 9.64 Å². The Hall–Kier alpha value is -4.37. The lowest BCUT2D eigenvalue weighted by molar-refractivity contribution is -0.130. The van der Waals surface area contributed by atoms with Gasteiger partial charge >= 0.3 is 5.97 Å². The molecule has 0 aliphatic carbocycles. The van der Waals surface area contributed by atoms with E-state index in [0.717, 1.165) is 28.2 Å². The second-order valence-corrected chi connectivity index (χ2v) is 8.67. The van der Waals surface area contributed by atoms with Gasteiger partial charge in [0.25, 0.3) is 0 Å². The predicted molar refractivity (Wildman–Crippen MR) is 146 cm³/mol. The Labute approximate surface area is 207 Å². The number of anilines is 3. The van der Waals surface area contributed by atoms with E-state index in [2.05, 4.69) is 104 Å². The quantitative estimate of drug-likeness (QED) is 0.120. The summed E-state index contributed by atoms with van der Waals surface area (Å²) in [6.07, 6.45) is 4.11. The number of carbonyl (C=O) groups is 1. The van der Waals surface area contributed by atoms with Crippen molar-refractivity contribution in [2.24, 2.45) is 0 Å². The molecule has 174 valence electrons. The van der Waals surface area contributed by atoms with Crippen molar-refractivity contribution in [1.29, 1.82) is 0 Å². The van der Waals surface area contributed by atoms with Crippen molar-refractivity contribution >= 4 is 35.2 Å². The molecule has 3 nitrogen and oxygen atoms in total. The van der Waals surface area contributed by atoms with Gasteiger partial charge in [-0.05, 0) is 80.4 Å². The minimum absolute atomic E-state index is 0.376. The third-order valence-electron chi connectivity index (χ3n) is 5.64. The molecule has 0 fully saturated rings. The molecule has 4 aromatic carbocycles. The Morgan fingerprint density at radius 1 is 0.657 bits per heavy atom. The Morgan fingerprint density at radius 2 is 1.03 bits per heavy atom. The lowest BCUT2D eigenvalue weighted by Gasteiger charge is -2.25. The maximum Gasteiger partial charge on any atom is 0.338 e. The summed E-state index contributed by atoms with van der Waals surface area (Å²) in [6, 6.07) is 33.1. The van der Waals surface area contributed by atoms with Crippen molar-refractivity contribution < 1.29 is 9.53 Å². The van der Waals surface area contributed by atoms with Crippen LogP contribution in [0.3, 0.4) is 0 Å². The fourth-order valence-electron chi connectivity index (χ4n) is 3.60. The molecule has 0 bridgehead atoms. The van der Waals surface area contributed by atoms with Crippen molar-refractivity contribution in [3.8, 4) is 5.75 Å². The average molecular weight is 460 g/mol. The van der Waals surface area contributed by atoms with Crippen LogP contribution in [-0.4, -0.2) is 5.97 Å². The van der Waals surface area contributed by atoms with Crippen LogP contribution in [-0.2, 0) is 4.79 Å². The van der Waals surface area contributed by atoms with Gasteiger partial charge in [0.2, 0.25) is 0 Å². The third kappa shape index (κ3) is 6.15. The van der Waals surface area contributed by atoms with Crippen LogP contribution in [0.15, 0.2) is 109 Å². The van der Waals surface area contributed by atoms with E-state index in [1.807, 2.05) is 18.2 Å². The first-order chi connectivity index (χ1) is 16.9. The summed E-state index contributed by atoms with van der Waals surface area (Å²) in [6.45, 7) is 9.43. The third-order valence-corrected chi connectivity index (χ3v) is 5.64. The van der Waals surface area contributed by atoms with Crippen molar-refractivity contribution in [2.75, 3.05) is 4.90 Å². The van der Waals surface area contributed by atoms with Gasteiger partial charge in [-0.1, -0.05) is 78.4 Å². The molecular formula is C32H29NO2. The predicted octanol–water partition coefficient (Wildman–Crippen LogP) is 8.43. The first-order valence-electron chi connectivity index (χ1n) is 11.6. The van der Waals surface area contributed by atoms with Crippen molar-refractivity contribution in [2.45, 2.75) is 20.8 Å². The molecule has 3 heteroatoms. The summed E-state index contributed by atoms with van der Waals surface area (Å²) < 4.78 is 5.25. The minimum Gasteiger partial charge on any atom is -0.423 e. The Morgan fingerprint density at radius 3 is 1.43 bits per heavy atom. The number of ether oxygens (including phenoxy) is 1. The van der Waals surface area contributed by atoms with Gasteiger partial charge in [0.1, 0.15) is 5.75 Å². The molecule has 0 radical (unpaired) electrons. The number of rotatable bonds is 7. The Bertz CT molecular complexity index is 1290. The second kappa shape index (κ2) is 10.7. The summed E-state index contributed by atoms with van der Waals surface area (Å²) in [5, 5.41) is 0. The topological polar surface area (TPSA) is 29.5 Å². The maximum atomic E-state index is 11.7. The highest BCUT2D eigenvalue weighted by Gasteiger charge is 2.12. The molecule has 0 N–H and O–H groups in total. The zero-order valence-electron chi connectivity index (χ0n) is 20.4. The number of hydrogen-bond acceptors (Lipinski definition) is 3. The SMILES string of the molecule is C=C(C)C(=O)Oc1ccc(C=Cc2ccc(N(c3ccc(C)cc3)c3ccc(C)cc3)cc2)cc1. The fourth-order valence-corrected chi connectivity index (χ4v) is 3.60. The van der Waals surface area contributed by atoms with Crippen LogP contribution in [0.25, 0.3) is 12.2 Å². The van der Waals surface area contributed by atoms with Crippen LogP contribution in [0.1, 0.15) is 29.2 Å². The van der Waals surface area contributed by atoms with Crippen molar-refractivity contribution in [3.63, 3.8) is 0 Å².